The molecule has 1 amide bonds. The first-order valence-corrected chi connectivity index (χ1v) is 13.0. The van der Waals surface area contributed by atoms with Crippen molar-refractivity contribution in [2.24, 2.45) is 0 Å². The van der Waals surface area contributed by atoms with Crippen molar-refractivity contribution < 1.29 is 13.9 Å². The Labute approximate surface area is 211 Å². The maximum Gasteiger partial charge on any atom is 0.275 e. The van der Waals surface area contributed by atoms with Gasteiger partial charge in [0.25, 0.3) is 5.91 Å². The maximum absolute atomic E-state index is 13.2. The van der Waals surface area contributed by atoms with Crippen LogP contribution in [0.15, 0.2) is 58.9 Å². The summed E-state index contributed by atoms with van der Waals surface area (Å²) in [5.41, 5.74) is 4.22. The van der Waals surface area contributed by atoms with Gasteiger partial charge in [0.2, 0.25) is 0 Å². The summed E-state index contributed by atoms with van der Waals surface area (Å²) in [6.45, 7) is 2.78. The lowest BCUT2D eigenvalue weighted by Crippen LogP contribution is -2.24. The van der Waals surface area contributed by atoms with E-state index in [4.69, 9.17) is 14.3 Å². The van der Waals surface area contributed by atoms with Crippen LogP contribution in [0.5, 0.6) is 0 Å². The van der Waals surface area contributed by atoms with Crippen molar-refractivity contribution >= 4 is 33.9 Å². The Hall–Kier alpha value is -3.76. The number of anilines is 1. The number of carbonyl (C=O) groups is 1. The fourth-order valence-corrected chi connectivity index (χ4v) is 5.54. The van der Waals surface area contributed by atoms with Gasteiger partial charge in [-0.1, -0.05) is 12.1 Å². The second-order valence-corrected chi connectivity index (χ2v) is 9.77. The average molecular weight is 503 g/mol. The molecule has 6 rings (SSSR count). The molecule has 1 aromatic carbocycles. The quantitative estimate of drug-likeness (QED) is 0.286. The topological polar surface area (TPSA) is 111 Å². The molecule has 0 spiro atoms. The van der Waals surface area contributed by atoms with Crippen LogP contribution in [-0.4, -0.2) is 43.6 Å². The largest absolute Gasteiger partial charge is 0.464 e. The number of nitrogens with zero attached hydrogens (tertiary/aromatic N) is 4. The predicted molar refractivity (Wildman–Crippen MR) is 138 cm³/mol. The molecule has 9 nitrogen and oxygen atoms in total. The third-order valence-corrected chi connectivity index (χ3v) is 7.50. The number of aromatic amines is 1. The Bertz CT molecular complexity index is 1480. The van der Waals surface area contributed by atoms with Gasteiger partial charge in [-0.2, -0.15) is 10.2 Å². The standard InChI is InChI=1S/C26H26N6O3S/c1-2-34-20-7-5-19(6-8-20)32-14-21(24(31-32)17-4-3-16-9-10-35-23(16)11-17)29-25(33)22-15-36-26(30-22)18-12-27-28-13-18/h3-4,9-15,19-20H,2,5-8H2,1H3,(H,27,28)(H,29,33). The molecular formula is C26H26N6O3S. The summed E-state index contributed by atoms with van der Waals surface area (Å²) in [5.74, 6) is -0.277. The number of furan rings is 1. The zero-order valence-electron chi connectivity index (χ0n) is 19.8. The van der Waals surface area contributed by atoms with Crippen molar-refractivity contribution in [2.45, 2.75) is 44.8 Å². The second kappa shape index (κ2) is 9.71. The number of fused-ring (bicyclic) bond motifs is 1. The van der Waals surface area contributed by atoms with Gasteiger partial charge < -0.3 is 14.5 Å². The minimum Gasteiger partial charge on any atom is -0.464 e. The van der Waals surface area contributed by atoms with Gasteiger partial charge in [-0.25, -0.2) is 4.98 Å². The molecule has 0 radical (unpaired) electrons. The number of thiazole rings is 1. The second-order valence-electron chi connectivity index (χ2n) is 8.91. The number of benzene rings is 1. The van der Waals surface area contributed by atoms with Gasteiger partial charge in [-0.15, -0.1) is 11.3 Å². The molecule has 1 aliphatic rings. The van der Waals surface area contributed by atoms with Crippen molar-refractivity contribution in [1.29, 1.82) is 0 Å². The maximum atomic E-state index is 13.2. The zero-order chi connectivity index (χ0) is 24.5. The number of nitrogens with one attached hydrogen (secondary N) is 2. The van der Waals surface area contributed by atoms with Gasteiger partial charge in [0.15, 0.2) is 0 Å². The van der Waals surface area contributed by atoms with E-state index in [1.807, 2.05) is 42.1 Å². The monoisotopic (exact) mass is 502 g/mol. The molecule has 0 unspecified atom stereocenters. The Kier molecular flexibility index (Phi) is 6.12. The molecule has 1 fully saturated rings. The van der Waals surface area contributed by atoms with Gasteiger partial charge in [-0.05, 0) is 44.7 Å². The first-order chi connectivity index (χ1) is 17.7. The third-order valence-electron chi connectivity index (χ3n) is 6.61. The summed E-state index contributed by atoms with van der Waals surface area (Å²) in [5, 5.41) is 18.3. The highest BCUT2D eigenvalue weighted by Crippen LogP contribution is 2.35. The van der Waals surface area contributed by atoms with Gasteiger partial charge >= 0.3 is 0 Å². The van der Waals surface area contributed by atoms with Crippen LogP contribution in [-0.2, 0) is 4.74 Å². The molecule has 0 atom stereocenters. The van der Waals surface area contributed by atoms with Crippen LogP contribution in [0.3, 0.4) is 0 Å². The summed E-state index contributed by atoms with van der Waals surface area (Å²) >= 11 is 1.40. The minimum absolute atomic E-state index is 0.255. The Morgan fingerprint density at radius 1 is 1.25 bits per heavy atom. The van der Waals surface area contributed by atoms with Gasteiger partial charge in [0, 0.05) is 40.9 Å². The summed E-state index contributed by atoms with van der Waals surface area (Å²) in [6.07, 6.45) is 11.3. The van der Waals surface area contributed by atoms with E-state index < -0.39 is 0 Å². The van der Waals surface area contributed by atoms with Gasteiger partial charge in [0.1, 0.15) is 22.0 Å². The Morgan fingerprint density at radius 3 is 2.94 bits per heavy atom. The van der Waals surface area contributed by atoms with Crippen molar-refractivity contribution in [3.05, 3.63) is 60.2 Å². The number of H-pyrrole nitrogens is 1. The first-order valence-electron chi connectivity index (χ1n) is 12.1. The molecule has 5 aromatic rings. The lowest BCUT2D eigenvalue weighted by molar-refractivity contribution is 0.0260. The zero-order valence-corrected chi connectivity index (χ0v) is 20.6. The molecule has 4 aromatic heterocycles. The summed E-state index contributed by atoms with van der Waals surface area (Å²) in [4.78, 5) is 17.7. The van der Waals surface area contributed by atoms with Crippen LogP contribution in [0.2, 0.25) is 0 Å². The number of aromatic nitrogens is 5. The number of ether oxygens (including phenoxy) is 1. The SMILES string of the molecule is CCOC1CCC(n2cc(NC(=O)c3csc(-c4cn[nH]c4)n3)c(-c3ccc4ccoc4c3)n2)CC1. The highest BCUT2D eigenvalue weighted by molar-refractivity contribution is 7.13. The highest BCUT2D eigenvalue weighted by Gasteiger charge is 2.25. The van der Waals surface area contributed by atoms with Gasteiger partial charge in [-0.3, -0.25) is 14.6 Å². The molecule has 0 aliphatic heterocycles. The molecular weight excluding hydrogens is 476 g/mol. The third kappa shape index (κ3) is 4.45. The molecule has 0 bridgehead atoms. The lowest BCUT2D eigenvalue weighted by atomic mass is 9.93. The minimum atomic E-state index is -0.277. The highest BCUT2D eigenvalue weighted by atomic mass is 32.1. The van der Waals surface area contributed by atoms with Crippen LogP contribution in [0.1, 0.15) is 49.1 Å². The van der Waals surface area contributed by atoms with E-state index in [0.717, 1.165) is 59.4 Å². The number of rotatable bonds is 7. The fraction of sp³-hybridized carbons (Fsp3) is 0.308. The van der Waals surface area contributed by atoms with Crippen LogP contribution in [0.25, 0.3) is 32.8 Å². The van der Waals surface area contributed by atoms with E-state index in [1.54, 1.807) is 24.0 Å². The van der Waals surface area contributed by atoms with E-state index in [0.29, 0.717) is 23.2 Å². The van der Waals surface area contributed by atoms with E-state index in [9.17, 15) is 4.79 Å². The van der Waals surface area contributed by atoms with E-state index in [2.05, 4.69) is 20.5 Å². The van der Waals surface area contributed by atoms with Crippen LogP contribution in [0, 0.1) is 0 Å². The van der Waals surface area contributed by atoms with E-state index >= 15 is 0 Å². The van der Waals surface area contributed by atoms with E-state index in [1.165, 1.54) is 11.3 Å². The average Bonchev–Trinajstić information content (AvgIpc) is 3.70. The number of amides is 1. The molecule has 0 saturated heterocycles. The predicted octanol–water partition coefficient (Wildman–Crippen LogP) is 5.92. The molecule has 10 heteroatoms. The van der Waals surface area contributed by atoms with Crippen LogP contribution >= 0.6 is 11.3 Å². The first kappa shape index (κ1) is 22.7. The number of hydrogen-bond acceptors (Lipinski definition) is 7. The van der Waals surface area contributed by atoms with E-state index in [-0.39, 0.29) is 11.9 Å². The van der Waals surface area contributed by atoms with Crippen molar-refractivity contribution in [3.8, 4) is 21.8 Å². The lowest BCUT2D eigenvalue weighted by Gasteiger charge is -2.28. The summed E-state index contributed by atoms with van der Waals surface area (Å²) < 4.78 is 13.4. The number of carbonyl (C=O) groups excluding carboxylic acids is 1. The van der Waals surface area contributed by atoms with Crippen molar-refractivity contribution in [2.75, 3.05) is 11.9 Å². The molecule has 2 N–H and O–H groups in total. The number of hydrogen-bond donors (Lipinski definition) is 2. The molecule has 1 saturated carbocycles. The summed E-state index contributed by atoms with van der Waals surface area (Å²) in [6, 6.07) is 8.15. The molecule has 36 heavy (non-hydrogen) atoms. The Morgan fingerprint density at radius 2 is 2.14 bits per heavy atom. The molecule has 1 aliphatic carbocycles. The fourth-order valence-electron chi connectivity index (χ4n) is 4.76. The normalized spacial score (nSPS) is 18.0. The van der Waals surface area contributed by atoms with Crippen LogP contribution in [0.4, 0.5) is 5.69 Å². The van der Waals surface area contributed by atoms with Crippen LogP contribution < -0.4 is 5.32 Å². The van der Waals surface area contributed by atoms with Crippen molar-refractivity contribution in [3.63, 3.8) is 0 Å². The molecule has 4 heterocycles. The Balaban J connectivity index is 1.30. The van der Waals surface area contributed by atoms with Gasteiger partial charge in [0.05, 0.1) is 30.3 Å². The molecule has 184 valence electrons. The smallest absolute Gasteiger partial charge is 0.275 e. The van der Waals surface area contributed by atoms with Crippen molar-refractivity contribution in [1.82, 2.24) is 25.0 Å². The summed E-state index contributed by atoms with van der Waals surface area (Å²) in [7, 11) is 0.